The van der Waals surface area contributed by atoms with Gasteiger partial charge >= 0.3 is 0 Å². The molecule has 0 saturated carbocycles. The average molecular weight is 344 g/mol. The number of hydrogen-bond donors (Lipinski definition) is 1. The van der Waals surface area contributed by atoms with Crippen molar-refractivity contribution in [3.05, 3.63) is 30.2 Å². The highest BCUT2D eigenvalue weighted by molar-refractivity contribution is 5.89. The summed E-state index contributed by atoms with van der Waals surface area (Å²) in [6, 6.07) is 2.23. The van der Waals surface area contributed by atoms with Crippen LogP contribution < -0.4 is 5.32 Å². The van der Waals surface area contributed by atoms with Gasteiger partial charge in [-0.2, -0.15) is 10.2 Å². The summed E-state index contributed by atoms with van der Waals surface area (Å²) in [4.78, 5) is 14.5. The average Bonchev–Trinajstić information content (AvgIpc) is 3.16. The van der Waals surface area contributed by atoms with Crippen LogP contribution in [0.1, 0.15) is 44.7 Å². The predicted molar refractivity (Wildman–Crippen MR) is 97.1 cm³/mol. The van der Waals surface area contributed by atoms with E-state index in [1.807, 2.05) is 28.7 Å². The molecule has 0 aliphatic carbocycles. The molecule has 1 N–H and O–H groups in total. The van der Waals surface area contributed by atoms with E-state index in [1.165, 1.54) is 5.56 Å². The first-order valence-corrected chi connectivity index (χ1v) is 9.04. The van der Waals surface area contributed by atoms with Crippen LogP contribution in [0.15, 0.2) is 24.7 Å². The van der Waals surface area contributed by atoms with Crippen LogP contribution in [0.2, 0.25) is 0 Å². The SMILES string of the molecule is CC(C)CC(=O)Nc1ccnn1C1CCN(Cc2cnn(C)c2)CC1. The van der Waals surface area contributed by atoms with E-state index in [-0.39, 0.29) is 5.91 Å². The normalized spacial score (nSPS) is 16.5. The molecule has 3 heterocycles. The maximum absolute atomic E-state index is 12.0. The molecule has 136 valence electrons. The fourth-order valence-electron chi connectivity index (χ4n) is 3.40. The summed E-state index contributed by atoms with van der Waals surface area (Å²) in [5.41, 5.74) is 1.25. The number of carbonyl (C=O) groups excluding carboxylic acids is 1. The van der Waals surface area contributed by atoms with Gasteiger partial charge in [0.25, 0.3) is 0 Å². The van der Waals surface area contributed by atoms with E-state index < -0.39 is 0 Å². The van der Waals surface area contributed by atoms with Crippen molar-refractivity contribution in [3.63, 3.8) is 0 Å². The molecule has 2 aromatic heterocycles. The fourth-order valence-corrected chi connectivity index (χ4v) is 3.40. The van der Waals surface area contributed by atoms with Gasteiger partial charge in [0, 0.05) is 50.9 Å². The van der Waals surface area contributed by atoms with Gasteiger partial charge in [-0.25, -0.2) is 4.68 Å². The highest BCUT2D eigenvalue weighted by atomic mass is 16.1. The summed E-state index contributed by atoms with van der Waals surface area (Å²) in [6.07, 6.45) is 8.38. The van der Waals surface area contributed by atoms with Crippen LogP contribution in [0.4, 0.5) is 5.82 Å². The molecule has 1 fully saturated rings. The monoisotopic (exact) mass is 344 g/mol. The first kappa shape index (κ1) is 17.7. The number of nitrogens with zero attached hydrogens (tertiary/aromatic N) is 5. The minimum Gasteiger partial charge on any atom is -0.311 e. The molecule has 2 aromatic rings. The summed E-state index contributed by atoms with van der Waals surface area (Å²) in [6.45, 7) is 7.10. The van der Waals surface area contributed by atoms with Crippen LogP contribution in [-0.4, -0.2) is 43.5 Å². The van der Waals surface area contributed by atoms with Crippen LogP contribution in [0.25, 0.3) is 0 Å². The van der Waals surface area contributed by atoms with Gasteiger partial charge in [-0.15, -0.1) is 0 Å². The molecule has 3 rings (SSSR count). The molecule has 0 aromatic carbocycles. The Morgan fingerprint density at radius 3 is 2.72 bits per heavy atom. The minimum atomic E-state index is 0.0609. The van der Waals surface area contributed by atoms with Crippen molar-refractivity contribution in [1.29, 1.82) is 0 Å². The summed E-state index contributed by atoms with van der Waals surface area (Å²) < 4.78 is 3.83. The molecule has 0 unspecified atom stereocenters. The number of aryl methyl sites for hydroxylation is 1. The largest absolute Gasteiger partial charge is 0.311 e. The van der Waals surface area contributed by atoms with E-state index in [0.29, 0.717) is 18.4 Å². The van der Waals surface area contributed by atoms with Crippen molar-refractivity contribution in [2.45, 2.75) is 45.7 Å². The predicted octanol–water partition coefficient (Wildman–Crippen LogP) is 2.44. The van der Waals surface area contributed by atoms with Gasteiger partial charge in [0.15, 0.2) is 0 Å². The Labute approximate surface area is 149 Å². The minimum absolute atomic E-state index is 0.0609. The molecule has 1 aliphatic heterocycles. The van der Waals surface area contributed by atoms with E-state index >= 15 is 0 Å². The fraction of sp³-hybridized carbons (Fsp3) is 0.611. The first-order chi connectivity index (χ1) is 12.0. The number of likely N-dealkylation sites (tertiary alicyclic amines) is 1. The Balaban J connectivity index is 1.54. The van der Waals surface area contributed by atoms with Crippen LogP contribution >= 0.6 is 0 Å². The molecular weight excluding hydrogens is 316 g/mol. The van der Waals surface area contributed by atoms with Crippen LogP contribution in [0.5, 0.6) is 0 Å². The van der Waals surface area contributed by atoms with Crippen molar-refractivity contribution in [2.75, 3.05) is 18.4 Å². The van der Waals surface area contributed by atoms with Gasteiger partial charge in [0.05, 0.1) is 18.4 Å². The van der Waals surface area contributed by atoms with Crippen molar-refractivity contribution in [2.24, 2.45) is 13.0 Å². The van der Waals surface area contributed by atoms with Crippen molar-refractivity contribution < 1.29 is 4.79 Å². The number of carbonyl (C=O) groups is 1. The third-order valence-corrected chi connectivity index (χ3v) is 4.60. The Kier molecular flexibility index (Phi) is 5.53. The summed E-state index contributed by atoms with van der Waals surface area (Å²) >= 11 is 0. The number of amides is 1. The lowest BCUT2D eigenvalue weighted by Gasteiger charge is -2.32. The molecule has 7 heteroatoms. The van der Waals surface area contributed by atoms with Gasteiger partial charge in [-0.05, 0) is 18.8 Å². The van der Waals surface area contributed by atoms with E-state index in [2.05, 4.69) is 40.5 Å². The number of nitrogens with one attached hydrogen (secondary N) is 1. The Bertz CT molecular complexity index is 696. The Hall–Kier alpha value is -2.15. The quantitative estimate of drug-likeness (QED) is 0.874. The van der Waals surface area contributed by atoms with Crippen LogP contribution in [0.3, 0.4) is 0 Å². The van der Waals surface area contributed by atoms with E-state index in [4.69, 9.17) is 0 Å². The lowest BCUT2D eigenvalue weighted by molar-refractivity contribution is -0.116. The van der Waals surface area contributed by atoms with Gasteiger partial charge < -0.3 is 5.32 Å². The van der Waals surface area contributed by atoms with Crippen LogP contribution in [0, 0.1) is 5.92 Å². The zero-order valence-electron chi connectivity index (χ0n) is 15.4. The summed E-state index contributed by atoms with van der Waals surface area (Å²) in [5, 5.41) is 11.7. The molecule has 1 aliphatic rings. The second kappa shape index (κ2) is 7.82. The highest BCUT2D eigenvalue weighted by Crippen LogP contribution is 2.26. The maximum atomic E-state index is 12.0. The summed E-state index contributed by atoms with van der Waals surface area (Å²) in [7, 11) is 1.95. The second-order valence-electron chi connectivity index (χ2n) is 7.34. The van der Waals surface area contributed by atoms with Gasteiger partial charge in [0.1, 0.15) is 5.82 Å². The molecule has 7 nitrogen and oxygen atoms in total. The number of piperidine rings is 1. The second-order valence-corrected chi connectivity index (χ2v) is 7.34. The Morgan fingerprint density at radius 2 is 2.08 bits per heavy atom. The van der Waals surface area contributed by atoms with Crippen molar-refractivity contribution >= 4 is 11.7 Å². The molecular formula is C18H28N6O. The topological polar surface area (TPSA) is 68.0 Å². The van der Waals surface area contributed by atoms with Crippen molar-refractivity contribution in [3.8, 4) is 0 Å². The van der Waals surface area contributed by atoms with Gasteiger partial charge in [-0.3, -0.25) is 14.4 Å². The molecule has 1 amide bonds. The van der Waals surface area contributed by atoms with E-state index in [0.717, 1.165) is 38.3 Å². The number of anilines is 1. The standard InChI is InChI=1S/C18H28N6O/c1-14(2)10-18(25)21-17-4-7-19-24(17)16-5-8-23(9-6-16)13-15-11-20-22(3)12-15/h4,7,11-12,14,16H,5-6,8-10,13H2,1-3H3,(H,21,25). The third-order valence-electron chi connectivity index (χ3n) is 4.60. The van der Waals surface area contributed by atoms with Gasteiger partial charge in [0.2, 0.25) is 5.91 Å². The summed E-state index contributed by atoms with van der Waals surface area (Å²) in [5.74, 6) is 1.23. The lowest BCUT2D eigenvalue weighted by Crippen LogP contribution is -2.35. The van der Waals surface area contributed by atoms with Crippen molar-refractivity contribution in [1.82, 2.24) is 24.5 Å². The van der Waals surface area contributed by atoms with E-state index in [9.17, 15) is 4.79 Å². The van der Waals surface area contributed by atoms with E-state index in [1.54, 1.807) is 6.20 Å². The Morgan fingerprint density at radius 1 is 1.32 bits per heavy atom. The maximum Gasteiger partial charge on any atom is 0.225 e. The molecule has 1 saturated heterocycles. The van der Waals surface area contributed by atoms with Crippen LogP contribution in [-0.2, 0) is 18.4 Å². The zero-order chi connectivity index (χ0) is 17.8. The number of aromatic nitrogens is 4. The zero-order valence-corrected chi connectivity index (χ0v) is 15.4. The smallest absolute Gasteiger partial charge is 0.225 e. The lowest BCUT2D eigenvalue weighted by atomic mass is 10.0. The number of rotatable bonds is 6. The van der Waals surface area contributed by atoms with Gasteiger partial charge in [-0.1, -0.05) is 13.8 Å². The number of hydrogen-bond acceptors (Lipinski definition) is 4. The first-order valence-electron chi connectivity index (χ1n) is 9.04. The highest BCUT2D eigenvalue weighted by Gasteiger charge is 2.23. The molecule has 25 heavy (non-hydrogen) atoms. The molecule has 0 atom stereocenters. The molecule has 0 radical (unpaired) electrons. The molecule has 0 spiro atoms. The third kappa shape index (κ3) is 4.69. The molecule has 0 bridgehead atoms.